The first-order valence-corrected chi connectivity index (χ1v) is 5.43. The van der Waals surface area contributed by atoms with Gasteiger partial charge in [-0.2, -0.15) is 5.10 Å². The lowest BCUT2D eigenvalue weighted by Gasteiger charge is -2.16. The van der Waals surface area contributed by atoms with Crippen LogP contribution in [0.1, 0.15) is 12.0 Å². The van der Waals surface area contributed by atoms with Crippen LogP contribution in [-0.4, -0.2) is 37.6 Å². The molecule has 0 aliphatic carbocycles. The van der Waals surface area contributed by atoms with E-state index in [2.05, 4.69) is 15.2 Å². The van der Waals surface area contributed by atoms with Gasteiger partial charge in [0, 0.05) is 50.7 Å². The van der Waals surface area contributed by atoms with Gasteiger partial charge >= 0.3 is 0 Å². The number of rotatable bonds is 5. The van der Waals surface area contributed by atoms with Crippen molar-refractivity contribution in [2.75, 3.05) is 7.05 Å². The van der Waals surface area contributed by atoms with Crippen LogP contribution in [-0.2, 0) is 17.9 Å². The number of carbonyl (C=O) groups excluding carboxylic acids is 1. The smallest absolute Gasteiger partial charge is 0.224 e. The van der Waals surface area contributed by atoms with Gasteiger partial charge in [-0.05, 0) is 0 Å². The highest BCUT2D eigenvalue weighted by Crippen LogP contribution is 2.02. The van der Waals surface area contributed by atoms with Crippen LogP contribution in [0.2, 0.25) is 0 Å². The fraction of sp³-hybridized carbons (Fsp3) is 0.364. The molecule has 0 spiro atoms. The number of nitrogens with one attached hydrogen (secondary N) is 1. The monoisotopic (exact) mass is 233 g/mol. The molecule has 2 aromatic rings. The van der Waals surface area contributed by atoms with Crippen molar-refractivity contribution in [1.29, 1.82) is 0 Å². The summed E-state index contributed by atoms with van der Waals surface area (Å²) in [7, 11) is 1.79. The standard InChI is InChI=1S/C11H15N5O/c1-15(8-10-6-13-14-7-10)11(17)2-4-16-5-3-12-9-16/h3,5-7,9H,2,4,8H2,1H3,(H,13,14). The Morgan fingerprint density at radius 3 is 3.12 bits per heavy atom. The van der Waals surface area contributed by atoms with Crippen molar-refractivity contribution in [1.82, 2.24) is 24.6 Å². The van der Waals surface area contributed by atoms with Gasteiger partial charge < -0.3 is 9.47 Å². The van der Waals surface area contributed by atoms with Crippen molar-refractivity contribution in [2.24, 2.45) is 0 Å². The van der Waals surface area contributed by atoms with Crippen LogP contribution in [0.25, 0.3) is 0 Å². The van der Waals surface area contributed by atoms with E-state index in [0.717, 1.165) is 5.56 Å². The molecule has 1 amide bonds. The van der Waals surface area contributed by atoms with E-state index in [1.165, 1.54) is 0 Å². The molecule has 0 fully saturated rings. The van der Waals surface area contributed by atoms with E-state index in [-0.39, 0.29) is 5.91 Å². The lowest BCUT2D eigenvalue weighted by atomic mass is 10.3. The molecule has 90 valence electrons. The summed E-state index contributed by atoms with van der Waals surface area (Å²) in [4.78, 5) is 17.5. The van der Waals surface area contributed by atoms with Crippen molar-refractivity contribution in [2.45, 2.75) is 19.5 Å². The lowest BCUT2D eigenvalue weighted by Crippen LogP contribution is -2.26. The summed E-state index contributed by atoms with van der Waals surface area (Å²) in [5, 5.41) is 6.57. The largest absolute Gasteiger partial charge is 0.341 e. The number of hydrogen-bond acceptors (Lipinski definition) is 3. The summed E-state index contributed by atoms with van der Waals surface area (Å²) < 4.78 is 1.89. The van der Waals surface area contributed by atoms with E-state index in [1.807, 2.05) is 10.8 Å². The molecule has 0 aliphatic heterocycles. The predicted octanol–water partition coefficient (Wildman–Crippen LogP) is 0.655. The summed E-state index contributed by atoms with van der Waals surface area (Å²) in [5.74, 6) is 0.111. The molecule has 6 heteroatoms. The van der Waals surface area contributed by atoms with E-state index in [1.54, 1.807) is 36.9 Å². The summed E-state index contributed by atoms with van der Waals surface area (Å²) in [5.41, 5.74) is 1.00. The zero-order valence-electron chi connectivity index (χ0n) is 9.71. The van der Waals surface area contributed by atoms with Crippen molar-refractivity contribution in [3.05, 3.63) is 36.7 Å². The van der Waals surface area contributed by atoms with Gasteiger partial charge in [0.2, 0.25) is 5.91 Å². The Balaban J connectivity index is 1.79. The lowest BCUT2D eigenvalue weighted by molar-refractivity contribution is -0.130. The molecule has 17 heavy (non-hydrogen) atoms. The van der Waals surface area contributed by atoms with Gasteiger partial charge in [0.25, 0.3) is 0 Å². The number of imidazole rings is 1. The molecule has 1 N–H and O–H groups in total. The highest BCUT2D eigenvalue weighted by molar-refractivity contribution is 5.75. The molecule has 0 radical (unpaired) electrons. The number of amides is 1. The Hall–Kier alpha value is -2.11. The maximum Gasteiger partial charge on any atom is 0.224 e. The number of aromatic nitrogens is 4. The Bertz CT molecular complexity index is 448. The molecule has 2 aromatic heterocycles. The Kier molecular flexibility index (Phi) is 3.54. The normalized spacial score (nSPS) is 10.4. The third-order valence-electron chi connectivity index (χ3n) is 2.54. The van der Waals surface area contributed by atoms with E-state index < -0.39 is 0 Å². The Morgan fingerprint density at radius 1 is 1.59 bits per heavy atom. The van der Waals surface area contributed by atoms with Gasteiger partial charge in [-0.25, -0.2) is 4.98 Å². The topological polar surface area (TPSA) is 66.8 Å². The second kappa shape index (κ2) is 5.29. The molecule has 2 heterocycles. The molecule has 0 saturated carbocycles. The summed E-state index contributed by atoms with van der Waals surface area (Å²) in [6.07, 6.45) is 9.26. The summed E-state index contributed by atoms with van der Waals surface area (Å²) in [6, 6.07) is 0. The number of aryl methyl sites for hydroxylation is 1. The van der Waals surface area contributed by atoms with Crippen LogP contribution < -0.4 is 0 Å². The van der Waals surface area contributed by atoms with Crippen molar-refractivity contribution < 1.29 is 4.79 Å². The SMILES string of the molecule is CN(Cc1cn[nH]c1)C(=O)CCn1ccnc1. The molecule has 2 rings (SSSR count). The molecule has 0 aromatic carbocycles. The van der Waals surface area contributed by atoms with Crippen LogP contribution in [0.15, 0.2) is 31.1 Å². The molecular formula is C11H15N5O. The highest BCUT2D eigenvalue weighted by atomic mass is 16.2. The molecule has 6 nitrogen and oxygen atoms in total. The summed E-state index contributed by atoms with van der Waals surface area (Å²) in [6.45, 7) is 1.24. The molecule has 0 bridgehead atoms. The van der Waals surface area contributed by atoms with Gasteiger partial charge in [0.05, 0.1) is 12.5 Å². The van der Waals surface area contributed by atoms with E-state index in [4.69, 9.17) is 0 Å². The van der Waals surface area contributed by atoms with Gasteiger partial charge in [-0.15, -0.1) is 0 Å². The van der Waals surface area contributed by atoms with Crippen molar-refractivity contribution in [3.63, 3.8) is 0 Å². The van der Waals surface area contributed by atoms with Crippen molar-refractivity contribution >= 4 is 5.91 Å². The minimum Gasteiger partial charge on any atom is -0.341 e. The predicted molar refractivity (Wildman–Crippen MR) is 61.9 cm³/mol. The Labute approximate surface area is 99.3 Å². The first-order valence-electron chi connectivity index (χ1n) is 5.43. The first kappa shape index (κ1) is 11.4. The average Bonchev–Trinajstić information content (AvgIpc) is 2.98. The molecule has 0 saturated heterocycles. The number of nitrogens with zero attached hydrogens (tertiary/aromatic N) is 4. The minimum absolute atomic E-state index is 0.111. The first-order chi connectivity index (χ1) is 8.25. The fourth-order valence-corrected chi connectivity index (χ4v) is 1.56. The quantitative estimate of drug-likeness (QED) is 0.824. The van der Waals surface area contributed by atoms with Crippen LogP contribution >= 0.6 is 0 Å². The maximum atomic E-state index is 11.8. The van der Waals surface area contributed by atoms with E-state index in [0.29, 0.717) is 19.5 Å². The van der Waals surface area contributed by atoms with Crippen LogP contribution in [0.5, 0.6) is 0 Å². The van der Waals surface area contributed by atoms with Gasteiger partial charge in [-0.3, -0.25) is 9.89 Å². The third kappa shape index (κ3) is 3.17. The van der Waals surface area contributed by atoms with Crippen LogP contribution in [0.4, 0.5) is 0 Å². The summed E-state index contributed by atoms with van der Waals surface area (Å²) >= 11 is 0. The number of carbonyl (C=O) groups is 1. The van der Waals surface area contributed by atoms with Gasteiger partial charge in [0.1, 0.15) is 0 Å². The third-order valence-corrected chi connectivity index (χ3v) is 2.54. The minimum atomic E-state index is 0.111. The zero-order valence-corrected chi connectivity index (χ0v) is 9.71. The number of hydrogen-bond donors (Lipinski definition) is 1. The molecule has 0 atom stereocenters. The molecule has 0 unspecified atom stereocenters. The second-order valence-corrected chi connectivity index (χ2v) is 3.91. The molecule has 0 aliphatic rings. The van der Waals surface area contributed by atoms with Crippen LogP contribution in [0, 0.1) is 0 Å². The average molecular weight is 233 g/mol. The highest BCUT2D eigenvalue weighted by Gasteiger charge is 2.09. The number of H-pyrrole nitrogens is 1. The van der Waals surface area contributed by atoms with E-state index in [9.17, 15) is 4.79 Å². The Morgan fingerprint density at radius 2 is 2.47 bits per heavy atom. The maximum absolute atomic E-state index is 11.8. The van der Waals surface area contributed by atoms with Gasteiger partial charge in [0.15, 0.2) is 0 Å². The van der Waals surface area contributed by atoms with E-state index >= 15 is 0 Å². The van der Waals surface area contributed by atoms with Crippen LogP contribution in [0.3, 0.4) is 0 Å². The van der Waals surface area contributed by atoms with Gasteiger partial charge in [-0.1, -0.05) is 0 Å². The van der Waals surface area contributed by atoms with Crippen molar-refractivity contribution in [3.8, 4) is 0 Å². The number of aromatic amines is 1. The fourth-order valence-electron chi connectivity index (χ4n) is 1.56. The second-order valence-electron chi connectivity index (χ2n) is 3.91. The molecular weight excluding hydrogens is 218 g/mol. The zero-order chi connectivity index (χ0) is 12.1.